The number of hydrogen-bond donors (Lipinski definition) is 2. The second kappa shape index (κ2) is 10.8. The van der Waals surface area contributed by atoms with E-state index in [0.717, 1.165) is 11.8 Å². The number of phenolic OH excluding ortho intramolecular Hbond substituents is 2. The quantitative estimate of drug-likeness (QED) is 0.340. The summed E-state index contributed by atoms with van der Waals surface area (Å²) in [6.07, 6.45) is 21.2. The topological polar surface area (TPSA) is 46.9 Å². The number of piperidine rings is 2. The lowest BCUT2D eigenvalue weighted by atomic mass is 9.52. The van der Waals surface area contributed by atoms with Gasteiger partial charge in [0, 0.05) is 22.9 Å². The number of hydrogen-bond acceptors (Lipinski definition) is 4. The SMILES string of the molecule is Oc1ccc2c(c1)[C@]13CCCC[C@H]1[C@H](C2)N(CCCCCCN1CC[C@@]24CCCC[C@H]2[C@@H]1Cc1ccc(O)cc14)CC3. The van der Waals surface area contributed by atoms with E-state index in [1.807, 2.05) is 12.1 Å². The van der Waals surface area contributed by atoms with Gasteiger partial charge >= 0.3 is 0 Å². The van der Waals surface area contributed by atoms with Gasteiger partial charge in [0.05, 0.1) is 0 Å². The summed E-state index contributed by atoms with van der Waals surface area (Å²) in [6, 6.07) is 14.0. The molecular formula is C38H52N2O2. The molecule has 0 unspecified atom stereocenters. The second-order valence-corrected chi connectivity index (χ2v) is 15.2. The molecule has 42 heavy (non-hydrogen) atoms. The highest BCUT2D eigenvalue weighted by atomic mass is 16.3. The Labute approximate surface area is 253 Å². The minimum atomic E-state index is 0.329. The third-order valence-corrected chi connectivity index (χ3v) is 13.5. The Balaban J connectivity index is 0.863. The Morgan fingerprint density at radius 2 is 1.07 bits per heavy atom. The summed E-state index contributed by atoms with van der Waals surface area (Å²) in [5.41, 5.74) is 6.71. The van der Waals surface area contributed by atoms with E-state index in [9.17, 15) is 10.2 Å². The van der Waals surface area contributed by atoms with Gasteiger partial charge in [0.15, 0.2) is 0 Å². The van der Waals surface area contributed by atoms with Gasteiger partial charge in [0.25, 0.3) is 0 Å². The smallest absolute Gasteiger partial charge is 0.115 e. The fourth-order valence-corrected chi connectivity index (χ4v) is 11.7. The summed E-state index contributed by atoms with van der Waals surface area (Å²) in [5, 5.41) is 20.6. The van der Waals surface area contributed by atoms with Crippen LogP contribution in [0.25, 0.3) is 0 Å². The number of fused-ring (bicyclic) bond motifs is 2. The summed E-state index contributed by atoms with van der Waals surface area (Å²) >= 11 is 0. The molecule has 6 atom stereocenters. The fourth-order valence-electron chi connectivity index (χ4n) is 11.7. The normalized spacial score (nSPS) is 35.5. The average Bonchev–Trinajstić information content (AvgIpc) is 3.01. The van der Waals surface area contributed by atoms with E-state index < -0.39 is 0 Å². The summed E-state index contributed by atoms with van der Waals surface area (Å²) in [4.78, 5) is 5.77. The number of nitrogens with zero attached hydrogens (tertiary/aromatic N) is 2. The molecule has 4 fully saturated rings. The van der Waals surface area contributed by atoms with Crippen LogP contribution in [0.1, 0.15) is 112 Å². The minimum Gasteiger partial charge on any atom is -0.508 e. The lowest BCUT2D eigenvalue weighted by molar-refractivity contribution is -0.0137. The zero-order chi connectivity index (χ0) is 28.3. The number of rotatable bonds is 7. The molecular weight excluding hydrogens is 516 g/mol. The van der Waals surface area contributed by atoms with Crippen LogP contribution < -0.4 is 0 Å². The first-order valence-corrected chi connectivity index (χ1v) is 17.7. The summed E-state index contributed by atoms with van der Waals surface area (Å²) < 4.78 is 0. The number of unbranched alkanes of at least 4 members (excludes halogenated alkanes) is 3. The van der Waals surface area contributed by atoms with Crippen LogP contribution in [0.3, 0.4) is 0 Å². The number of phenols is 2. The van der Waals surface area contributed by atoms with Crippen LogP contribution in [-0.2, 0) is 23.7 Å². The molecule has 6 aliphatic rings. The van der Waals surface area contributed by atoms with E-state index in [1.165, 1.54) is 151 Å². The Kier molecular flexibility index (Phi) is 7.10. The number of aromatic hydroxyl groups is 2. The lowest BCUT2D eigenvalue weighted by Gasteiger charge is -2.59. The zero-order valence-electron chi connectivity index (χ0n) is 25.7. The highest BCUT2D eigenvalue weighted by Gasteiger charge is 2.55. The first-order chi connectivity index (χ1) is 20.6. The van der Waals surface area contributed by atoms with Crippen molar-refractivity contribution >= 4 is 0 Å². The largest absolute Gasteiger partial charge is 0.508 e. The van der Waals surface area contributed by atoms with Crippen LogP contribution in [0.2, 0.25) is 0 Å². The van der Waals surface area contributed by atoms with Gasteiger partial charge in [-0.05, 0) is 149 Å². The maximum Gasteiger partial charge on any atom is 0.115 e. The van der Waals surface area contributed by atoms with Crippen molar-refractivity contribution in [3.8, 4) is 11.5 Å². The van der Waals surface area contributed by atoms with Crippen LogP contribution >= 0.6 is 0 Å². The zero-order valence-corrected chi connectivity index (χ0v) is 25.7. The van der Waals surface area contributed by atoms with Crippen molar-refractivity contribution in [1.29, 1.82) is 0 Å². The maximum absolute atomic E-state index is 10.3. The molecule has 2 saturated carbocycles. The van der Waals surface area contributed by atoms with Crippen molar-refractivity contribution in [1.82, 2.24) is 9.80 Å². The molecule has 0 aromatic heterocycles. The average molecular weight is 569 g/mol. The minimum absolute atomic E-state index is 0.329. The molecule has 2 N–H and O–H groups in total. The molecule has 2 saturated heterocycles. The van der Waals surface area contributed by atoms with Crippen LogP contribution in [0.4, 0.5) is 0 Å². The van der Waals surface area contributed by atoms with Crippen molar-refractivity contribution in [2.75, 3.05) is 26.2 Å². The van der Waals surface area contributed by atoms with Crippen LogP contribution in [0.5, 0.6) is 11.5 Å². The van der Waals surface area contributed by atoms with Gasteiger partial charge in [0.1, 0.15) is 11.5 Å². The molecule has 226 valence electrons. The monoisotopic (exact) mass is 568 g/mol. The van der Waals surface area contributed by atoms with Gasteiger partial charge < -0.3 is 10.2 Å². The second-order valence-electron chi connectivity index (χ2n) is 15.2. The predicted molar refractivity (Wildman–Crippen MR) is 169 cm³/mol. The highest BCUT2D eigenvalue weighted by Crippen LogP contribution is 2.57. The maximum atomic E-state index is 10.3. The molecule has 4 heteroatoms. The van der Waals surface area contributed by atoms with Gasteiger partial charge in [0.2, 0.25) is 0 Å². The Bertz CT molecular complexity index is 1210. The molecule has 8 rings (SSSR count). The van der Waals surface area contributed by atoms with E-state index in [4.69, 9.17) is 0 Å². The lowest BCUT2D eigenvalue weighted by Crippen LogP contribution is -2.61. The van der Waals surface area contributed by atoms with E-state index in [2.05, 4.69) is 34.1 Å². The van der Waals surface area contributed by atoms with Gasteiger partial charge in [-0.25, -0.2) is 0 Å². The van der Waals surface area contributed by atoms with Gasteiger partial charge in [-0.1, -0.05) is 50.7 Å². The third-order valence-electron chi connectivity index (χ3n) is 13.5. The van der Waals surface area contributed by atoms with Gasteiger partial charge in [-0.15, -0.1) is 0 Å². The van der Waals surface area contributed by atoms with Crippen LogP contribution in [0, 0.1) is 11.8 Å². The van der Waals surface area contributed by atoms with Crippen molar-refractivity contribution in [3.63, 3.8) is 0 Å². The molecule has 4 nitrogen and oxygen atoms in total. The molecule has 2 heterocycles. The summed E-state index contributed by atoms with van der Waals surface area (Å²) in [5.74, 6) is 2.49. The molecule has 2 aliphatic heterocycles. The first-order valence-electron chi connectivity index (χ1n) is 17.7. The van der Waals surface area contributed by atoms with Gasteiger partial charge in [-0.3, -0.25) is 9.80 Å². The van der Waals surface area contributed by atoms with E-state index >= 15 is 0 Å². The van der Waals surface area contributed by atoms with Crippen LogP contribution in [-0.4, -0.2) is 58.3 Å². The van der Waals surface area contributed by atoms with Crippen LogP contribution in [0.15, 0.2) is 36.4 Å². The molecule has 2 aromatic carbocycles. The Hall–Kier alpha value is -2.04. The van der Waals surface area contributed by atoms with E-state index in [-0.39, 0.29) is 0 Å². The molecule has 0 spiro atoms. The molecule has 0 amide bonds. The number of likely N-dealkylation sites (tertiary alicyclic amines) is 2. The Morgan fingerprint density at radius 3 is 1.55 bits per heavy atom. The molecule has 4 aliphatic carbocycles. The summed E-state index contributed by atoms with van der Waals surface area (Å²) in [6.45, 7) is 5.03. The van der Waals surface area contributed by atoms with E-state index in [0.29, 0.717) is 34.4 Å². The van der Waals surface area contributed by atoms with Crippen molar-refractivity contribution < 1.29 is 10.2 Å². The van der Waals surface area contributed by atoms with Crippen molar-refractivity contribution in [2.45, 2.75) is 126 Å². The summed E-state index contributed by atoms with van der Waals surface area (Å²) in [7, 11) is 0. The third kappa shape index (κ3) is 4.37. The molecule has 2 aromatic rings. The van der Waals surface area contributed by atoms with E-state index in [1.54, 1.807) is 0 Å². The molecule has 4 bridgehead atoms. The standard InChI is InChI=1S/C38H52N2O2/c41-29-13-11-27-23-35-31-9-3-5-15-37(31,33(27)25-29)17-21-39(35)19-7-1-2-8-20-40-22-18-38-16-6-4-10-32(38)36(40)24-28-12-14-30(42)26-34(28)38/h11-14,25-26,31-32,35-36,41-42H,1-10,15-24H2/t31-,32-,35-,36-,37-,38-/m0/s1. The van der Waals surface area contributed by atoms with Crippen molar-refractivity contribution in [3.05, 3.63) is 58.7 Å². The predicted octanol–water partition coefficient (Wildman–Crippen LogP) is 7.48. The molecule has 0 radical (unpaired) electrons. The van der Waals surface area contributed by atoms with Crippen molar-refractivity contribution in [2.24, 2.45) is 11.8 Å². The fraction of sp³-hybridized carbons (Fsp3) is 0.684. The highest BCUT2D eigenvalue weighted by molar-refractivity contribution is 5.46. The number of benzene rings is 2. The van der Waals surface area contributed by atoms with Gasteiger partial charge in [-0.2, -0.15) is 0 Å². The Morgan fingerprint density at radius 1 is 0.595 bits per heavy atom. The first kappa shape index (κ1) is 27.5.